The highest BCUT2D eigenvalue weighted by Crippen LogP contribution is 2.26. The van der Waals surface area contributed by atoms with E-state index in [1.54, 1.807) is 31.3 Å². The second kappa shape index (κ2) is 15.0. The standard InChI is InChI=1S/C33H41N3O4S/c1-34(41(39,40)32-17-9-4-10-18-32)27-31(30-15-7-3-8-16-30)21-25-35-23-19-28(20-24-35)14-11-22-36(33(37)38)26-29-12-5-2-6-13-29/h2-18,28,31H,19-27H2,1H3,(H,37,38). The largest absolute Gasteiger partial charge is 0.465 e. The number of rotatable bonds is 13. The van der Waals surface area contributed by atoms with Crippen LogP contribution in [0.1, 0.15) is 36.3 Å². The van der Waals surface area contributed by atoms with Crippen LogP contribution in [0.4, 0.5) is 4.79 Å². The third-order valence-electron chi connectivity index (χ3n) is 7.85. The van der Waals surface area contributed by atoms with Crippen LogP contribution in [0.15, 0.2) is 108 Å². The molecule has 3 aromatic rings. The van der Waals surface area contributed by atoms with E-state index in [1.807, 2.05) is 60.7 Å². The molecule has 1 heterocycles. The molecule has 1 N–H and O–H groups in total. The van der Waals surface area contributed by atoms with Crippen molar-refractivity contribution in [3.05, 3.63) is 114 Å². The number of carbonyl (C=O) groups is 1. The zero-order valence-corrected chi connectivity index (χ0v) is 24.6. The monoisotopic (exact) mass is 575 g/mol. The number of benzene rings is 3. The number of likely N-dealkylation sites (N-methyl/N-ethyl adjacent to an activating group) is 1. The topological polar surface area (TPSA) is 81.2 Å². The molecule has 1 aliphatic heterocycles. The zero-order chi connectivity index (χ0) is 29.1. The summed E-state index contributed by atoms with van der Waals surface area (Å²) in [6, 6.07) is 28.4. The molecule has 3 aromatic carbocycles. The summed E-state index contributed by atoms with van der Waals surface area (Å²) in [7, 11) is -1.89. The van der Waals surface area contributed by atoms with Crippen LogP contribution in [0.2, 0.25) is 0 Å². The Labute approximate surface area is 244 Å². The number of sulfonamides is 1. The van der Waals surface area contributed by atoms with E-state index in [0.717, 1.165) is 50.0 Å². The molecule has 0 radical (unpaired) electrons. The lowest BCUT2D eigenvalue weighted by Crippen LogP contribution is -2.36. The smallest absolute Gasteiger partial charge is 0.407 e. The van der Waals surface area contributed by atoms with Gasteiger partial charge in [-0.1, -0.05) is 91.0 Å². The van der Waals surface area contributed by atoms with Crippen LogP contribution in [0.3, 0.4) is 0 Å². The van der Waals surface area contributed by atoms with Gasteiger partial charge in [0.1, 0.15) is 0 Å². The molecule has 1 atom stereocenters. The maximum Gasteiger partial charge on any atom is 0.407 e. The average Bonchev–Trinajstić information content (AvgIpc) is 3.00. The lowest BCUT2D eigenvalue weighted by atomic mass is 9.93. The molecule has 1 fully saturated rings. The summed E-state index contributed by atoms with van der Waals surface area (Å²) in [5, 5.41) is 9.60. The summed E-state index contributed by atoms with van der Waals surface area (Å²) < 4.78 is 27.8. The minimum Gasteiger partial charge on any atom is -0.465 e. The van der Waals surface area contributed by atoms with Crippen LogP contribution in [-0.2, 0) is 16.6 Å². The second-order valence-corrected chi connectivity index (χ2v) is 12.8. The first-order valence-electron chi connectivity index (χ1n) is 14.3. The molecule has 8 heteroatoms. The molecule has 7 nitrogen and oxygen atoms in total. The van der Waals surface area contributed by atoms with Gasteiger partial charge in [-0.2, -0.15) is 0 Å². The second-order valence-electron chi connectivity index (χ2n) is 10.8. The summed E-state index contributed by atoms with van der Waals surface area (Å²) in [6.45, 7) is 4.03. The first-order chi connectivity index (χ1) is 19.8. The van der Waals surface area contributed by atoms with Crippen molar-refractivity contribution in [3.8, 4) is 0 Å². The van der Waals surface area contributed by atoms with Crippen molar-refractivity contribution in [2.75, 3.05) is 39.8 Å². The van der Waals surface area contributed by atoms with Gasteiger partial charge in [-0.3, -0.25) is 0 Å². The number of carboxylic acid groups (broad SMARTS) is 1. The minimum absolute atomic E-state index is 0.0870. The molecule has 0 aromatic heterocycles. The van der Waals surface area contributed by atoms with Gasteiger partial charge in [0, 0.05) is 26.7 Å². The molecule has 0 bridgehead atoms. The van der Waals surface area contributed by atoms with E-state index in [2.05, 4.69) is 23.1 Å². The molecule has 41 heavy (non-hydrogen) atoms. The molecule has 1 saturated heterocycles. The van der Waals surface area contributed by atoms with Crippen LogP contribution in [0.25, 0.3) is 0 Å². The van der Waals surface area contributed by atoms with E-state index in [1.165, 1.54) is 9.21 Å². The van der Waals surface area contributed by atoms with Gasteiger partial charge in [0.05, 0.1) is 4.90 Å². The molecule has 4 rings (SSSR count). The number of nitrogens with zero attached hydrogens (tertiary/aromatic N) is 3. The number of allylic oxidation sites excluding steroid dienone is 1. The summed E-state index contributed by atoms with van der Waals surface area (Å²) in [5.74, 6) is 0.523. The van der Waals surface area contributed by atoms with E-state index in [0.29, 0.717) is 30.4 Å². The van der Waals surface area contributed by atoms with Crippen molar-refractivity contribution in [1.29, 1.82) is 0 Å². The van der Waals surface area contributed by atoms with Gasteiger partial charge in [0.25, 0.3) is 0 Å². The van der Waals surface area contributed by atoms with Crippen LogP contribution in [-0.4, -0.2) is 73.5 Å². The van der Waals surface area contributed by atoms with Gasteiger partial charge in [0.2, 0.25) is 10.0 Å². The number of likely N-dealkylation sites (tertiary alicyclic amines) is 1. The summed E-state index contributed by atoms with van der Waals surface area (Å²) in [5.41, 5.74) is 2.13. The fourth-order valence-electron chi connectivity index (χ4n) is 5.37. The summed E-state index contributed by atoms with van der Waals surface area (Å²) >= 11 is 0. The van der Waals surface area contributed by atoms with E-state index in [-0.39, 0.29) is 5.92 Å². The van der Waals surface area contributed by atoms with Gasteiger partial charge < -0.3 is 14.9 Å². The van der Waals surface area contributed by atoms with Crippen molar-refractivity contribution in [2.24, 2.45) is 5.92 Å². The first kappa shape index (κ1) is 30.5. The molecule has 0 spiro atoms. The predicted octanol–water partition coefficient (Wildman–Crippen LogP) is 5.93. The molecular formula is C33H41N3O4S. The first-order valence-corrected chi connectivity index (χ1v) is 15.7. The molecule has 218 valence electrons. The minimum atomic E-state index is -3.56. The fraction of sp³-hybridized carbons (Fsp3) is 0.364. The molecule has 1 unspecified atom stereocenters. The Bertz CT molecular complexity index is 1340. The maximum absolute atomic E-state index is 13.2. The van der Waals surface area contributed by atoms with Crippen molar-refractivity contribution < 1.29 is 18.3 Å². The number of hydrogen-bond acceptors (Lipinski definition) is 4. The van der Waals surface area contributed by atoms with Gasteiger partial charge in [0.15, 0.2) is 0 Å². The van der Waals surface area contributed by atoms with Crippen LogP contribution in [0.5, 0.6) is 0 Å². The van der Waals surface area contributed by atoms with E-state index in [9.17, 15) is 18.3 Å². The van der Waals surface area contributed by atoms with Crippen LogP contribution in [0, 0.1) is 5.92 Å². The van der Waals surface area contributed by atoms with Crippen LogP contribution >= 0.6 is 0 Å². The van der Waals surface area contributed by atoms with Crippen molar-refractivity contribution in [2.45, 2.75) is 36.6 Å². The Morgan fingerprint density at radius 1 is 0.951 bits per heavy atom. The zero-order valence-electron chi connectivity index (χ0n) is 23.8. The normalized spacial score (nSPS) is 15.8. The van der Waals surface area contributed by atoms with Crippen molar-refractivity contribution in [3.63, 3.8) is 0 Å². The lowest BCUT2D eigenvalue weighted by Gasteiger charge is -2.32. The Morgan fingerprint density at radius 3 is 2.15 bits per heavy atom. The van der Waals surface area contributed by atoms with Gasteiger partial charge in [-0.05, 0) is 74.0 Å². The number of hydrogen-bond donors (Lipinski definition) is 1. The summed E-state index contributed by atoms with van der Waals surface area (Å²) in [4.78, 5) is 15.9. The number of amides is 1. The average molecular weight is 576 g/mol. The molecule has 0 aliphatic carbocycles. The van der Waals surface area contributed by atoms with Crippen molar-refractivity contribution >= 4 is 16.1 Å². The summed E-state index contributed by atoms with van der Waals surface area (Å²) in [6.07, 6.45) is 6.18. The highest BCUT2D eigenvalue weighted by atomic mass is 32.2. The van der Waals surface area contributed by atoms with Crippen molar-refractivity contribution in [1.82, 2.24) is 14.1 Å². The van der Waals surface area contributed by atoms with Gasteiger partial charge in [-0.15, -0.1) is 0 Å². The lowest BCUT2D eigenvalue weighted by molar-refractivity contribution is 0.147. The van der Waals surface area contributed by atoms with E-state index >= 15 is 0 Å². The Hall–Kier alpha value is -3.46. The maximum atomic E-state index is 13.2. The molecule has 0 saturated carbocycles. The predicted molar refractivity (Wildman–Crippen MR) is 163 cm³/mol. The molecule has 1 aliphatic rings. The quantitative estimate of drug-likeness (QED) is 0.256. The van der Waals surface area contributed by atoms with Gasteiger partial charge >= 0.3 is 6.09 Å². The Balaban J connectivity index is 1.28. The van der Waals surface area contributed by atoms with Crippen LogP contribution < -0.4 is 0 Å². The van der Waals surface area contributed by atoms with E-state index < -0.39 is 16.1 Å². The van der Waals surface area contributed by atoms with E-state index in [4.69, 9.17) is 0 Å². The third kappa shape index (κ3) is 9.01. The third-order valence-corrected chi connectivity index (χ3v) is 9.68. The highest BCUT2D eigenvalue weighted by molar-refractivity contribution is 7.89. The Kier molecular flexibility index (Phi) is 11.1. The number of piperidine rings is 1. The molecule has 1 amide bonds. The highest BCUT2D eigenvalue weighted by Gasteiger charge is 2.26. The van der Waals surface area contributed by atoms with Gasteiger partial charge in [-0.25, -0.2) is 17.5 Å². The molecular weight excluding hydrogens is 534 g/mol. The fourth-order valence-corrected chi connectivity index (χ4v) is 6.61. The SMILES string of the molecule is CN(CC(CCN1CCC(C=CCN(Cc2ccccc2)C(=O)O)CC1)c1ccccc1)S(=O)(=O)c1ccccc1. The Morgan fingerprint density at radius 2 is 1.54 bits per heavy atom.